The van der Waals surface area contributed by atoms with Gasteiger partial charge < -0.3 is 58.5 Å². The van der Waals surface area contributed by atoms with Gasteiger partial charge in [0.15, 0.2) is 5.78 Å². The van der Waals surface area contributed by atoms with Crippen molar-refractivity contribution in [3.05, 3.63) is 0 Å². The molecule has 0 aromatic carbocycles. The highest BCUT2D eigenvalue weighted by Gasteiger charge is 2.27. The lowest BCUT2D eigenvalue weighted by molar-refractivity contribution is -0.143. The van der Waals surface area contributed by atoms with Crippen LogP contribution in [-0.2, 0) is 57.5 Å². The number of carbonyl (C=O) groups excluding carboxylic acids is 8. The molecule has 0 rings (SSSR count). The Kier molecular flexibility index (Phi) is 62.0. The summed E-state index contributed by atoms with van der Waals surface area (Å²) >= 11 is 0. The van der Waals surface area contributed by atoms with E-state index in [4.69, 9.17) is 21.7 Å². The highest BCUT2D eigenvalue weighted by atomic mass is 16.4. The summed E-state index contributed by atoms with van der Waals surface area (Å²) in [5.41, 5.74) is 11.8. The van der Waals surface area contributed by atoms with Gasteiger partial charge in [-0.15, -0.1) is 0 Å². The Hall–Kier alpha value is -5.68. The number of carboxylic acid groups (broad SMARTS) is 4. The van der Waals surface area contributed by atoms with Gasteiger partial charge in [0.2, 0.25) is 23.6 Å². The minimum Gasteiger partial charge on any atom is -0.481 e. The summed E-state index contributed by atoms with van der Waals surface area (Å²) in [5.74, 6) is -5.75. The molecule has 23 heteroatoms. The summed E-state index contributed by atoms with van der Waals surface area (Å²) in [6, 6.07) is -3.23. The van der Waals surface area contributed by atoms with Crippen molar-refractivity contribution in [2.45, 2.75) is 399 Å². The van der Waals surface area contributed by atoms with Crippen LogP contribution >= 0.6 is 0 Å². The van der Waals surface area contributed by atoms with Crippen molar-refractivity contribution in [2.75, 3.05) is 26.2 Å². The quantitative estimate of drug-likeness (QED) is 0.0252. The highest BCUT2D eigenvalue weighted by Crippen LogP contribution is 2.22. The van der Waals surface area contributed by atoms with Crippen LogP contribution in [0.3, 0.4) is 0 Å². The van der Waals surface area contributed by atoms with Gasteiger partial charge in [-0.25, -0.2) is 4.79 Å². The summed E-state index contributed by atoms with van der Waals surface area (Å²) in [5, 5.41) is 51.3. The number of rotatable bonds is 76. The van der Waals surface area contributed by atoms with Crippen LogP contribution in [0, 0.1) is 17.3 Å². The van der Waals surface area contributed by atoms with Gasteiger partial charge in [0.25, 0.3) is 0 Å². The fraction of sp³-hybridized carbons (Fsp3) is 0.852. The molecule has 602 valence electrons. The molecule has 4 amide bonds. The third-order valence-corrected chi connectivity index (χ3v) is 20.1. The first-order chi connectivity index (χ1) is 49.7. The lowest BCUT2D eigenvalue weighted by Crippen LogP contribution is -2.43. The average molecular weight is 1480 g/mol. The van der Waals surface area contributed by atoms with Crippen LogP contribution < -0.4 is 38.1 Å². The zero-order valence-electron chi connectivity index (χ0n) is 65.3. The van der Waals surface area contributed by atoms with Crippen LogP contribution in [0.4, 0.5) is 0 Å². The summed E-state index contributed by atoms with van der Waals surface area (Å²) < 4.78 is 0. The second kappa shape index (κ2) is 65.6. The van der Waals surface area contributed by atoms with Gasteiger partial charge in [-0.1, -0.05) is 213 Å². The molecule has 13 N–H and O–H groups in total. The molecular formula is C81H147N7O16. The molecule has 6 atom stereocenters. The molecule has 0 radical (unpaired) electrons. The maximum absolute atomic E-state index is 13.7. The zero-order chi connectivity index (χ0) is 77.4. The predicted octanol–water partition coefficient (Wildman–Crippen LogP) is 14.4. The Morgan fingerprint density at radius 3 is 1.11 bits per heavy atom. The monoisotopic (exact) mass is 1470 g/mol. The van der Waals surface area contributed by atoms with Gasteiger partial charge in [0.05, 0.1) is 30.6 Å². The Bertz CT molecular complexity index is 2370. The lowest BCUT2D eigenvalue weighted by Gasteiger charge is -2.22. The molecular weight excluding hydrogens is 1330 g/mol. The molecule has 0 heterocycles. The van der Waals surface area contributed by atoms with E-state index in [1.54, 1.807) is 0 Å². The number of carbonyl (C=O) groups is 12. The number of hydrogen-bond acceptors (Lipinski definition) is 15. The summed E-state index contributed by atoms with van der Waals surface area (Å²) in [6.45, 7) is 8.08. The number of Topliss-reactive ketones (excluding diaryl/α,β-unsaturated/α-hetero) is 4. The van der Waals surface area contributed by atoms with Gasteiger partial charge in [-0.2, -0.15) is 0 Å². The van der Waals surface area contributed by atoms with E-state index in [0.29, 0.717) is 129 Å². The molecule has 0 bridgehead atoms. The van der Waals surface area contributed by atoms with E-state index in [1.165, 1.54) is 96.8 Å². The van der Waals surface area contributed by atoms with Crippen molar-refractivity contribution in [1.82, 2.24) is 26.6 Å². The van der Waals surface area contributed by atoms with Gasteiger partial charge in [-0.3, -0.25) is 52.7 Å². The molecule has 0 spiro atoms. The smallest absolute Gasteiger partial charge is 0.326 e. The fourth-order valence-corrected chi connectivity index (χ4v) is 13.0. The number of nitrogens with one attached hydrogen (secondary N) is 5. The number of nitrogens with two attached hydrogens (primary N) is 2. The van der Waals surface area contributed by atoms with E-state index in [1.807, 2.05) is 20.8 Å². The summed E-state index contributed by atoms with van der Waals surface area (Å²) in [7, 11) is 0. The molecule has 104 heavy (non-hydrogen) atoms. The highest BCUT2D eigenvalue weighted by molar-refractivity contribution is 5.89. The van der Waals surface area contributed by atoms with Crippen molar-refractivity contribution in [3.8, 4) is 0 Å². The molecule has 0 aliphatic carbocycles. The fourth-order valence-electron chi connectivity index (χ4n) is 13.0. The van der Waals surface area contributed by atoms with E-state index in [9.17, 15) is 67.7 Å². The second-order valence-corrected chi connectivity index (χ2v) is 30.7. The molecule has 0 aliphatic heterocycles. The first-order valence-electron chi connectivity index (χ1n) is 41.1. The van der Waals surface area contributed by atoms with E-state index >= 15 is 0 Å². The van der Waals surface area contributed by atoms with Crippen molar-refractivity contribution in [2.24, 2.45) is 28.7 Å². The number of ketones is 4. The molecule has 0 unspecified atom stereocenters. The molecule has 0 aromatic rings. The molecule has 0 fully saturated rings. The van der Waals surface area contributed by atoms with Crippen LogP contribution in [0.2, 0.25) is 0 Å². The maximum atomic E-state index is 13.7. The number of hydrogen-bond donors (Lipinski definition) is 11. The molecule has 0 aromatic heterocycles. The van der Waals surface area contributed by atoms with Gasteiger partial charge in [0.1, 0.15) is 23.4 Å². The minimum absolute atomic E-state index is 0.0102. The predicted molar refractivity (Wildman–Crippen MR) is 411 cm³/mol. The largest absolute Gasteiger partial charge is 0.481 e. The topological polar surface area (TPSA) is 398 Å². The average Bonchev–Trinajstić information content (AvgIpc) is 0.904. The SMILES string of the molecule is CC(=O)[C@H](CCCCNC(=O)[C@@H](N)CCCCCC(=O)CC[C@H](NC(=O)CCCCCCCCCCCCCCCCC(=O)O)C(=O)O)CCC(=O)[C@H](CCCCNC(=O)[C@@H](N)CCCCNC(=O)CC[C@H](CCCCCCCCCCCCCCCCCCC(=O)O)C(=O)O)NCC(=O)C(C)(C)C. The molecule has 0 aliphatic rings. The van der Waals surface area contributed by atoms with Crippen LogP contribution in [0.1, 0.15) is 374 Å². The number of carboxylic acids is 4. The minimum atomic E-state index is -1.17. The maximum Gasteiger partial charge on any atom is 0.326 e. The second-order valence-electron chi connectivity index (χ2n) is 30.7. The van der Waals surface area contributed by atoms with Crippen LogP contribution in [0.15, 0.2) is 0 Å². The first-order valence-corrected chi connectivity index (χ1v) is 41.1. The number of aliphatic carboxylic acids is 4. The van der Waals surface area contributed by atoms with Crippen molar-refractivity contribution < 1.29 is 78.0 Å². The van der Waals surface area contributed by atoms with Crippen molar-refractivity contribution in [3.63, 3.8) is 0 Å². The Labute approximate surface area is 625 Å². The molecule has 0 saturated heterocycles. The molecule has 0 saturated carbocycles. The van der Waals surface area contributed by atoms with E-state index in [2.05, 4.69) is 26.6 Å². The summed E-state index contributed by atoms with van der Waals surface area (Å²) in [6.07, 6.45) is 42.8. The van der Waals surface area contributed by atoms with Crippen molar-refractivity contribution in [1.29, 1.82) is 0 Å². The standard InChI is InChI=1S/C81H147N7O16/c1-63(89)64(44-38-41-60-85-77(99)67(82)47-34-31-33-46-66(90)55-56-70(80(103)104)88-74(94)50-35-28-24-20-16-12-9-10-14-18-22-26-30-37-52-76(97)98)53-57-71(91)69(87-62-72(92)81(2,3)4)49-40-43-61-86-78(100)68(83)48-39-42-59-84-73(93)58-54-65(79(101)102)45-32-27-23-19-15-11-7-5-6-8-13-17-21-25-29-36-51-75(95)96/h64-65,67-70,87H,5-62,82-83H2,1-4H3,(H,84,93)(H,85,99)(H,86,100)(H,88,94)(H,95,96)(H,97,98)(H,101,102)(H,103,104)/t64-,65+,67+,68+,69+,70+/m1/s1. The lowest BCUT2D eigenvalue weighted by atomic mass is 9.89. The van der Waals surface area contributed by atoms with Gasteiger partial charge >= 0.3 is 23.9 Å². The zero-order valence-corrected chi connectivity index (χ0v) is 65.3. The van der Waals surface area contributed by atoms with Crippen LogP contribution in [-0.4, -0.2) is 141 Å². The molecule has 23 nitrogen and oxygen atoms in total. The normalized spacial score (nSPS) is 13.2. The van der Waals surface area contributed by atoms with Crippen LogP contribution in [0.25, 0.3) is 0 Å². The Morgan fingerprint density at radius 2 is 0.683 bits per heavy atom. The third kappa shape index (κ3) is 60.5. The number of amides is 4. The first kappa shape index (κ1) is 98.3. The van der Waals surface area contributed by atoms with E-state index in [-0.39, 0.29) is 111 Å². The van der Waals surface area contributed by atoms with E-state index < -0.39 is 59.4 Å². The van der Waals surface area contributed by atoms with Gasteiger partial charge in [0, 0.05) is 75.9 Å². The van der Waals surface area contributed by atoms with Gasteiger partial charge in [-0.05, 0) is 116 Å². The Morgan fingerprint density at radius 1 is 0.327 bits per heavy atom. The third-order valence-electron chi connectivity index (χ3n) is 20.1. The van der Waals surface area contributed by atoms with Crippen molar-refractivity contribution >= 4 is 70.6 Å². The van der Waals surface area contributed by atoms with E-state index in [0.717, 1.165) is 96.3 Å². The number of unbranched alkanes of at least 4 members (excludes halogenated alkanes) is 33. The van der Waals surface area contributed by atoms with Crippen LogP contribution in [0.5, 0.6) is 0 Å². The summed E-state index contributed by atoms with van der Waals surface area (Å²) in [4.78, 5) is 148. The Balaban J connectivity index is 4.44.